The molecule has 0 aromatic heterocycles. The third kappa shape index (κ3) is 7.81. The molecule has 0 aliphatic heterocycles. The molecule has 0 amide bonds. The topological polar surface area (TPSA) is 0 Å². The van der Waals surface area contributed by atoms with Gasteiger partial charge in [-0.3, -0.25) is 0 Å². The fraction of sp³-hybridized carbons (Fsp3) is 0.750. The lowest BCUT2D eigenvalue weighted by Crippen LogP contribution is -1.97. The highest BCUT2D eigenvalue weighted by molar-refractivity contribution is 9.11. The van der Waals surface area contributed by atoms with Crippen molar-refractivity contribution in [3.8, 4) is 0 Å². The molecule has 0 heterocycles. The molecule has 0 N–H and O–H groups in total. The van der Waals surface area contributed by atoms with Crippen LogP contribution >= 0.6 is 15.9 Å². The average Bonchev–Trinajstić information content (AvgIpc) is 2.35. The molecule has 1 rings (SSSR count). The molecule has 1 heteroatoms. The molecule has 0 spiro atoms. The SMILES string of the molecule is CCCCCCCC/C(Br)=C\C1C=CCCC1. The second-order valence-corrected chi connectivity index (χ2v) is 6.17. The third-order valence-corrected chi connectivity index (χ3v) is 4.12. The van der Waals surface area contributed by atoms with Crippen molar-refractivity contribution in [3.05, 3.63) is 22.7 Å². The number of halogens is 1. The summed E-state index contributed by atoms with van der Waals surface area (Å²) in [7, 11) is 0. The van der Waals surface area contributed by atoms with E-state index in [-0.39, 0.29) is 0 Å². The summed E-state index contributed by atoms with van der Waals surface area (Å²) in [4.78, 5) is 0. The second kappa shape index (κ2) is 9.94. The van der Waals surface area contributed by atoms with Crippen LogP contribution in [-0.2, 0) is 0 Å². The van der Waals surface area contributed by atoms with Gasteiger partial charge < -0.3 is 0 Å². The van der Waals surface area contributed by atoms with Crippen LogP contribution < -0.4 is 0 Å². The predicted octanol–water partition coefficient (Wildman–Crippen LogP) is 6.37. The molecule has 17 heavy (non-hydrogen) atoms. The molecule has 0 aromatic carbocycles. The van der Waals surface area contributed by atoms with E-state index in [9.17, 15) is 0 Å². The van der Waals surface area contributed by atoms with Gasteiger partial charge in [0.1, 0.15) is 0 Å². The number of rotatable bonds is 8. The Hall–Kier alpha value is -0.0400. The van der Waals surface area contributed by atoms with E-state index in [1.807, 2.05) is 0 Å². The van der Waals surface area contributed by atoms with Crippen molar-refractivity contribution in [2.45, 2.75) is 71.1 Å². The first kappa shape index (κ1) is 15.0. The molecule has 1 aliphatic carbocycles. The zero-order valence-electron chi connectivity index (χ0n) is 11.3. The van der Waals surface area contributed by atoms with Gasteiger partial charge in [-0.1, -0.05) is 73.2 Å². The van der Waals surface area contributed by atoms with Crippen molar-refractivity contribution in [1.29, 1.82) is 0 Å². The zero-order chi connectivity index (χ0) is 12.3. The van der Waals surface area contributed by atoms with Crippen LogP contribution in [0.5, 0.6) is 0 Å². The van der Waals surface area contributed by atoms with Gasteiger partial charge in [0.15, 0.2) is 0 Å². The van der Waals surface area contributed by atoms with Gasteiger partial charge in [0.25, 0.3) is 0 Å². The summed E-state index contributed by atoms with van der Waals surface area (Å²) in [5, 5.41) is 0. The Labute approximate surface area is 116 Å². The lowest BCUT2D eigenvalue weighted by molar-refractivity contribution is 0.605. The summed E-state index contributed by atoms with van der Waals surface area (Å²) in [5.74, 6) is 0.693. The van der Waals surface area contributed by atoms with Crippen LogP contribution in [0.1, 0.15) is 71.1 Å². The summed E-state index contributed by atoms with van der Waals surface area (Å²) in [6, 6.07) is 0. The lowest BCUT2D eigenvalue weighted by Gasteiger charge is -2.12. The molecular weight excluding hydrogens is 272 g/mol. The van der Waals surface area contributed by atoms with Crippen molar-refractivity contribution in [2.75, 3.05) is 0 Å². The van der Waals surface area contributed by atoms with E-state index in [1.54, 1.807) is 0 Å². The van der Waals surface area contributed by atoms with Gasteiger partial charge in [-0.15, -0.1) is 0 Å². The molecule has 0 aromatic rings. The minimum Gasteiger partial charge on any atom is -0.0879 e. The molecule has 0 nitrogen and oxygen atoms in total. The summed E-state index contributed by atoms with van der Waals surface area (Å²) in [5.41, 5.74) is 0. The Balaban J connectivity index is 2.07. The first-order chi connectivity index (χ1) is 8.33. The van der Waals surface area contributed by atoms with E-state index >= 15 is 0 Å². The molecular formula is C16H27Br. The number of unbranched alkanes of at least 4 members (excludes halogenated alkanes) is 5. The smallest absolute Gasteiger partial charge is 0.00424 e. The van der Waals surface area contributed by atoms with Gasteiger partial charge in [0.05, 0.1) is 0 Å². The minimum atomic E-state index is 0.693. The standard InChI is InChI=1S/C16H27Br/c1-2-3-4-5-6-10-13-16(17)14-15-11-8-7-9-12-15/h8,11,14-15H,2-7,9-10,12-13H2,1H3/b16-14+. The predicted molar refractivity (Wildman–Crippen MR) is 81.5 cm³/mol. The number of hydrogen-bond donors (Lipinski definition) is 0. The molecule has 1 unspecified atom stereocenters. The fourth-order valence-corrected chi connectivity index (χ4v) is 2.99. The van der Waals surface area contributed by atoms with Crippen LogP contribution in [0.15, 0.2) is 22.7 Å². The van der Waals surface area contributed by atoms with Crippen molar-refractivity contribution < 1.29 is 0 Å². The fourth-order valence-electron chi connectivity index (χ4n) is 2.37. The van der Waals surface area contributed by atoms with Crippen LogP contribution in [-0.4, -0.2) is 0 Å². The highest BCUT2D eigenvalue weighted by Gasteiger charge is 2.05. The summed E-state index contributed by atoms with van der Waals surface area (Å²) in [6.45, 7) is 2.27. The van der Waals surface area contributed by atoms with Gasteiger partial charge in [0, 0.05) is 0 Å². The summed E-state index contributed by atoms with van der Waals surface area (Å²) >= 11 is 3.72. The summed E-state index contributed by atoms with van der Waals surface area (Å²) < 4.78 is 1.42. The largest absolute Gasteiger partial charge is 0.0879 e. The Morgan fingerprint density at radius 3 is 2.71 bits per heavy atom. The van der Waals surface area contributed by atoms with Crippen molar-refractivity contribution in [3.63, 3.8) is 0 Å². The van der Waals surface area contributed by atoms with E-state index in [4.69, 9.17) is 0 Å². The van der Waals surface area contributed by atoms with Gasteiger partial charge in [-0.25, -0.2) is 0 Å². The first-order valence-electron chi connectivity index (χ1n) is 7.35. The van der Waals surface area contributed by atoms with Crippen molar-refractivity contribution in [1.82, 2.24) is 0 Å². The van der Waals surface area contributed by atoms with Crippen LogP contribution in [0, 0.1) is 5.92 Å². The Bertz CT molecular complexity index is 240. The van der Waals surface area contributed by atoms with Crippen molar-refractivity contribution in [2.24, 2.45) is 5.92 Å². The zero-order valence-corrected chi connectivity index (χ0v) is 12.8. The molecule has 0 bridgehead atoms. The monoisotopic (exact) mass is 298 g/mol. The maximum Gasteiger partial charge on any atom is -0.00424 e. The summed E-state index contributed by atoms with van der Waals surface area (Å²) in [6.07, 6.45) is 20.6. The Kier molecular flexibility index (Phi) is 8.78. The van der Waals surface area contributed by atoms with Gasteiger partial charge in [-0.05, 0) is 42.5 Å². The van der Waals surface area contributed by atoms with Gasteiger partial charge in [-0.2, -0.15) is 0 Å². The van der Waals surface area contributed by atoms with Crippen LogP contribution in [0.25, 0.3) is 0 Å². The molecule has 0 saturated heterocycles. The number of allylic oxidation sites excluding steroid dienone is 4. The van der Waals surface area contributed by atoms with E-state index in [1.165, 1.54) is 68.7 Å². The van der Waals surface area contributed by atoms with E-state index in [0.29, 0.717) is 5.92 Å². The van der Waals surface area contributed by atoms with E-state index in [0.717, 1.165) is 0 Å². The van der Waals surface area contributed by atoms with E-state index < -0.39 is 0 Å². The minimum absolute atomic E-state index is 0.693. The molecule has 0 radical (unpaired) electrons. The van der Waals surface area contributed by atoms with Gasteiger partial charge >= 0.3 is 0 Å². The third-order valence-electron chi connectivity index (χ3n) is 3.46. The van der Waals surface area contributed by atoms with Crippen LogP contribution in [0.4, 0.5) is 0 Å². The molecule has 98 valence electrons. The lowest BCUT2D eigenvalue weighted by atomic mass is 9.95. The highest BCUT2D eigenvalue weighted by atomic mass is 79.9. The second-order valence-electron chi connectivity index (χ2n) is 5.15. The Morgan fingerprint density at radius 1 is 1.24 bits per heavy atom. The maximum atomic E-state index is 3.72. The van der Waals surface area contributed by atoms with Crippen molar-refractivity contribution >= 4 is 15.9 Å². The normalized spacial score (nSPS) is 20.8. The quantitative estimate of drug-likeness (QED) is 0.361. The van der Waals surface area contributed by atoms with Crippen LogP contribution in [0.3, 0.4) is 0 Å². The molecule has 1 aliphatic rings. The highest BCUT2D eigenvalue weighted by Crippen LogP contribution is 2.24. The molecule has 1 atom stereocenters. The van der Waals surface area contributed by atoms with Gasteiger partial charge in [0.2, 0.25) is 0 Å². The average molecular weight is 299 g/mol. The molecule has 0 saturated carbocycles. The number of hydrogen-bond acceptors (Lipinski definition) is 0. The first-order valence-corrected chi connectivity index (χ1v) is 8.15. The Morgan fingerprint density at radius 2 is 2.00 bits per heavy atom. The maximum absolute atomic E-state index is 3.72. The molecule has 0 fully saturated rings. The van der Waals surface area contributed by atoms with Crippen LogP contribution in [0.2, 0.25) is 0 Å². The van der Waals surface area contributed by atoms with E-state index in [2.05, 4.69) is 41.1 Å².